The van der Waals surface area contributed by atoms with E-state index in [2.05, 4.69) is 20.3 Å². The van der Waals surface area contributed by atoms with Crippen LogP contribution >= 0.6 is 0 Å². The highest BCUT2D eigenvalue weighted by molar-refractivity contribution is 5.31. The van der Waals surface area contributed by atoms with Gasteiger partial charge in [-0.15, -0.1) is 10.2 Å². The Kier molecular flexibility index (Phi) is 2.44. The summed E-state index contributed by atoms with van der Waals surface area (Å²) in [7, 11) is 0. The molecule has 0 radical (unpaired) electrons. The number of nitrogens with two attached hydrogens (primary N) is 1. The van der Waals surface area contributed by atoms with E-state index in [-0.39, 0.29) is 12.0 Å². The van der Waals surface area contributed by atoms with E-state index in [0.717, 1.165) is 0 Å². The lowest BCUT2D eigenvalue weighted by atomic mass is 10.5. The third-order valence-corrected chi connectivity index (χ3v) is 1.66. The van der Waals surface area contributed by atoms with Gasteiger partial charge in [0.1, 0.15) is 0 Å². The smallest absolute Gasteiger partial charge is 0.337 e. The highest BCUT2D eigenvalue weighted by Gasteiger charge is 2.09. The van der Waals surface area contributed by atoms with Crippen LogP contribution in [0.5, 0.6) is 6.01 Å². The molecule has 0 aromatic carbocycles. The van der Waals surface area contributed by atoms with E-state index in [4.69, 9.17) is 10.5 Å². The van der Waals surface area contributed by atoms with Crippen molar-refractivity contribution in [3.8, 4) is 11.8 Å². The van der Waals surface area contributed by atoms with E-state index in [0.29, 0.717) is 12.4 Å². The number of aromatic nitrogens is 5. The summed E-state index contributed by atoms with van der Waals surface area (Å²) in [6.07, 6.45) is 1.57. The Balaban J connectivity index is 2.36. The van der Waals surface area contributed by atoms with Gasteiger partial charge in [-0.05, 0) is 19.1 Å². The average Bonchev–Trinajstić information content (AvgIpc) is 2.61. The third kappa shape index (κ3) is 1.85. The summed E-state index contributed by atoms with van der Waals surface area (Å²) in [5, 5.41) is 11.6. The molecule has 7 heteroatoms. The normalized spacial score (nSPS) is 10.2. The van der Waals surface area contributed by atoms with Crippen molar-refractivity contribution >= 4 is 5.95 Å². The summed E-state index contributed by atoms with van der Waals surface area (Å²) < 4.78 is 6.49. The van der Waals surface area contributed by atoms with Gasteiger partial charge in [-0.25, -0.2) is 0 Å². The van der Waals surface area contributed by atoms with Crippen LogP contribution in [0.1, 0.15) is 6.92 Å². The van der Waals surface area contributed by atoms with Gasteiger partial charge in [-0.3, -0.25) is 0 Å². The second kappa shape index (κ2) is 3.91. The molecule has 2 aromatic rings. The summed E-state index contributed by atoms with van der Waals surface area (Å²) in [6.45, 7) is 2.34. The van der Waals surface area contributed by atoms with Crippen LogP contribution < -0.4 is 10.5 Å². The fourth-order valence-corrected chi connectivity index (χ4v) is 1.07. The van der Waals surface area contributed by atoms with Gasteiger partial charge < -0.3 is 10.5 Å². The zero-order valence-corrected chi connectivity index (χ0v) is 8.16. The third-order valence-electron chi connectivity index (χ3n) is 1.66. The maximum atomic E-state index is 5.65. The van der Waals surface area contributed by atoms with Crippen LogP contribution in [0.25, 0.3) is 5.82 Å². The van der Waals surface area contributed by atoms with E-state index in [1.165, 1.54) is 4.68 Å². The van der Waals surface area contributed by atoms with Crippen LogP contribution in [-0.4, -0.2) is 31.6 Å². The fourth-order valence-electron chi connectivity index (χ4n) is 1.07. The highest BCUT2D eigenvalue weighted by atomic mass is 16.5. The molecule has 2 aromatic heterocycles. The molecule has 0 spiro atoms. The lowest BCUT2D eigenvalue weighted by molar-refractivity contribution is 0.312. The van der Waals surface area contributed by atoms with Gasteiger partial charge in [0.2, 0.25) is 5.95 Å². The Hall–Kier alpha value is -2.18. The molecular formula is C8H10N6O. The second-order valence-electron chi connectivity index (χ2n) is 2.68. The lowest BCUT2D eigenvalue weighted by Gasteiger charge is -1.97. The lowest BCUT2D eigenvalue weighted by Crippen LogP contribution is -2.05. The van der Waals surface area contributed by atoms with Gasteiger partial charge in [0.15, 0.2) is 5.82 Å². The van der Waals surface area contributed by atoms with Crippen molar-refractivity contribution in [3.63, 3.8) is 0 Å². The van der Waals surface area contributed by atoms with Crippen LogP contribution in [-0.2, 0) is 0 Å². The van der Waals surface area contributed by atoms with Gasteiger partial charge in [-0.1, -0.05) is 0 Å². The first kappa shape index (κ1) is 9.38. The molecule has 2 N–H and O–H groups in total. The molecule has 0 saturated carbocycles. The highest BCUT2D eigenvalue weighted by Crippen LogP contribution is 2.11. The standard InChI is InChI=1S/C8H10N6O/c1-2-15-8-11-7(9)14(13-8)6-4-3-5-10-12-6/h3-5H,2H2,1H3,(H2,9,11,13). The molecule has 7 nitrogen and oxygen atoms in total. The molecule has 0 atom stereocenters. The number of nitrogens with zero attached hydrogens (tertiary/aromatic N) is 5. The van der Waals surface area contributed by atoms with Crippen molar-refractivity contribution in [2.24, 2.45) is 0 Å². The number of hydrogen-bond donors (Lipinski definition) is 1. The number of hydrogen-bond acceptors (Lipinski definition) is 6. The van der Waals surface area contributed by atoms with E-state index < -0.39 is 0 Å². The monoisotopic (exact) mass is 206 g/mol. The Labute approximate surface area is 85.9 Å². The molecule has 15 heavy (non-hydrogen) atoms. The Morgan fingerprint density at radius 1 is 1.53 bits per heavy atom. The SMILES string of the molecule is CCOc1nc(N)n(-c2cccnn2)n1. The van der Waals surface area contributed by atoms with Gasteiger partial charge >= 0.3 is 6.01 Å². The van der Waals surface area contributed by atoms with Crippen molar-refractivity contribution in [2.75, 3.05) is 12.3 Å². The van der Waals surface area contributed by atoms with Crippen LogP contribution in [0.3, 0.4) is 0 Å². The fraction of sp³-hybridized carbons (Fsp3) is 0.250. The molecule has 0 bridgehead atoms. The van der Waals surface area contributed by atoms with Crippen molar-refractivity contribution in [1.29, 1.82) is 0 Å². The van der Waals surface area contributed by atoms with E-state index >= 15 is 0 Å². The van der Waals surface area contributed by atoms with Crippen LogP contribution in [0.4, 0.5) is 5.95 Å². The average molecular weight is 206 g/mol. The molecule has 78 valence electrons. The Morgan fingerprint density at radius 3 is 3.07 bits per heavy atom. The first-order valence-corrected chi connectivity index (χ1v) is 4.44. The number of anilines is 1. The van der Waals surface area contributed by atoms with Gasteiger partial charge in [0.25, 0.3) is 0 Å². The Bertz CT molecular complexity index is 440. The van der Waals surface area contributed by atoms with Crippen molar-refractivity contribution in [2.45, 2.75) is 6.92 Å². The first-order chi connectivity index (χ1) is 7.31. The van der Waals surface area contributed by atoms with E-state index in [1.807, 2.05) is 6.92 Å². The number of rotatable bonds is 3. The predicted octanol–water partition coefficient (Wildman–Crippen LogP) is 0.0382. The molecule has 0 saturated heterocycles. The minimum Gasteiger partial charge on any atom is -0.463 e. The summed E-state index contributed by atoms with van der Waals surface area (Å²) in [6, 6.07) is 3.71. The topological polar surface area (TPSA) is 91.7 Å². The summed E-state index contributed by atoms with van der Waals surface area (Å²) in [5.74, 6) is 0.729. The van der Waals surface area contributed by atoms with Gasteiger partial charge in [-0.2, -0.15) is 14.8 Å². The largest absolute Gasteiger partial charge is 0.463 e. The van der Waals surface area contributed by atoms with Crippen LogP contribution in [0, 0.1) is 0 Å². The molecule has 0 amide bonds. The van der Waals surface area contributed by atoms with E-state index in [9.17, 15) is 0 Å². The maximum absolute atomic E-state index is 5.65. The summed E-state index contributed by atoms with van der Waals surface area (Å²) in [5.41, 5.74) is 5.65. The molecule has 0 aliphatic carbocycles. The molecule has 0 unspecified atom stereocenters. The molecular weight excluding hydrogens is 196 g/mol. The second-order valence-corrected chi connectivity index (χ2v) is 2.68. The summed E-state index contributed by atoms with van der Waals surface area (Å²) in [4.78, 5) is 3.92. The van der Waals surface area contributed by atoms with Crippen LogP contribution in [0.15, 0.2) is 18.3 Å². The van der Waals surface area contributed by atoms with Crippen molar-refractivity contribution < 1.29 is 4.74 Å². The molecule has 0 aliphatic heterocycles. The van der Waals surface area contributed by atoms with E-state index in [1.54, 1.807) is 18.3 Å². The molecule has 0 fully saturated rings. The number of nitrogen functional groups attached to an aromatic ring is 1. The molecule has 2 heterocycles. The molecule has 2 rings (SSSR count). The van der Waals surface area contributed by atoms with Gasteiger partial charge in [0, 0.05) is 6.20 Å². The Morgan fingerprint density at radius 2 is 2.40 bits per heavy atom. The summed E-state index contributed by atoms with van der Waals surface area (Å²) >= 11 is 0. The maximum Gasteiger partial charge on any atom is 0.337 e. The predicted molar refractivity (Wildman–Crippen MR) is 52.5 cm³/mol. The quantitative estimate of drug-likeness (QED) is 0.762. The zero-order chi connectivity index (χ0) is 10.7. The van der Waals surface area contributed by atoms with Crippen LogP contribution in [0.2, 0.25) is 0 Å². The minimum atomic E-state index is 0.221. The molecule has 0 aliphatic rings. The number of ether oxygens (including phenoxy) is 1. The van der Waals surface area contributed by atoms with Gasteiger partial charge in [0.05, 0.1) is 6.61 Å². The zero-order valence-electron chi connectivity index (χ0n) is 8.16. The first-order valence-electron chi connectivity index (χ1n) is 4.44. The van der Waals surface area contributed by atoms with Crippen molar-refractivity contribution in [1.82, 2.24) is 25.0 Å². The minimum absolute atomic E-state index is 0.221. The van der Waals surface area contributed by atoms with Crippen molar-refractivity contribution in [3.05, 3.63) is 18.3 Å².